The predicted octanol–water partition coefficient (Wildman–Crippen LogP) is 4.07. The van der Waals surface area contributed by atoms with E-state index in [9.17, 15) is 0 Å². The lowest BCUT2D eigenvalue weighted by Crippen LogP contribution is -2.30. The highest BCUT2D eigenvalue weighted by Gasteiger charge is 2.15. The van der Waals surface area contributed by atoms with Crippen molar-refractivity contribution in [3.8, 4) is 0 Å². The Morgan fingerprint density at radius 3 is 2.67 bits per heavy atom. The number of halogens is 1. The van der Waals surface area contributed by atoms with E-state index in [-0.39, 0.29) is 0 Å². The van der Waals surface area contributed by atoms with Crippen LogP contribution in [0.25, 0.3) is 0 Å². The molecule has 0 fully saturated rings. The summed E-state index contributed by atoms with van der Waals surface area (Å²) in [5.41, 5.74) is 2.44. The molecule has 0 saturated heterocycles. The number of nitrogens with zero attached hydrogens (tertiary/aromatic N) is 1. The van der Waals surface area contributed by atoms with Crippen molar-refractivity contribution in [1.82, 2.24) is 5.32 Å². The number of nitrogens with one attached hydrogen (secondary N) is 1. The van der Waals surface area contributed by atoms with E-state index < -0.39 is 0 Å². The van der Waals surface area contributed by atoms with Gasteiger partial charge in [0.15, 0.2) is 0 Å². The Morgan fingerprint density at radius 2 is 2.06 bits per heavy atom. The molecule has 0 aliphatic carbocycles. The second kappa shape index (κ2) is 7.65. The van der Waals surface area contributed by atoms with Crippen molar-refractivity contribution in [1.29, 1.82) is 0 Å². The zero-order valence-corrected chi connectivity index (χ0v) is 12.7. The summed E-state index contributed by atoms with van der Waals surface area (Å²) < 4.78 is 0. The van der Waals surface area contributed by atoms with Crippen LogP contribution in [-0.2, 0) is 6.54 Å². The fourth-order valence-corrected chi connectivity index (χ4v) is 2.32. The Labute approximate surface area is 116 Å². The van der Waals surface area contributed by atoms with Gasteiger partial charge in [0.2, 0.25) is 0 Å². The molecule has 3 heteroatoms. The second-order valence-corrected chi connectivity index (χ2v) is 5.20. The molecule has 0 radical (unpaired) electrons. The molecule has 0 bridgehead atoms. The summed E-state index contributed by atoms with van der Waals surface area (Å²) in [6.07, 6.45) is 2.26. The van der Waals surface area contributed by atoms with Crippen LogP contribution in [0.3, 0.4) is 0 Å². The molecule has 1 N–H and O–H groups in total. The summed E-state index contributed by atoms with van der Waals surface area (Å²) in [6, 6.07) is 6.65. The highest BCUT2D eigenvalue weighted by molar-refractivity contribution is 6.33. The molecule has 102 valence electrons. The third kappa shape index (κ3) is 3.89. The SMILES string of the molecule is CCCNCc1cccc(Cl)c1N(C)C(C)CC. The van der Waals surface area contributed by atoms with Gasteiger partial charge in [-0.2, -0.15) is 0 Å². The van der Waals surface area contributed by atoms with E-state index in [2.05, 4.69) is 44.1 Å². The molecular weight excluding hydrogens is 244 g/mol. The van der Waals surface area contributed by atoms with Crippen LogP contribution in [0.4, 0.5) is 5.69 Å². The molecule has 1 unspecified atom stereocenters. The number of rotatable bonds is 7. The molecule has 2 nitrogen and oxygen atoms in total. The summed E-state index contributed by atoms with van der Waals surface area (Å²) in [5, 5.41) is 4.29. The van der Waals surface area contributed by atoms with Gasteiger partial charge in [-0.3, -0.25) is 0 Å². The Bertz CT molecular complexity index is 366. The zero-order valence-electron chi connectivity index (χ0n) is 12.0. The van der Waals surface area contributed by atoms with Crippen molar-refractivity contribution >= 4 is 17.3 Å². The number of benzene rings is 1. The lowest BCUT2D eigenvalue weighted by molar-refractivity contribution is 0.647. The fraction of sp³-hybridized carbons (Fsp3) is 0.600. The number of hydrogen-bond donors (Lipinski definition) is 1. The topological polar surface area (TPSA) is 15.3 Å². The Hall–Kier alpha value is -0.730. The largest absolute Gasteiger partial charge is 0.370 e. The highest BCUT2D eigenvalue weighted by atomic mass is 35.5. The molecule has 0 amide bonds. The summed E-state index contributed by atoms with van der Waals surface area (Å²) in [4.78, 5) is 2.28. The maximum atomic E-state index is 6.37. The molecule has 0 aromatic heterocycles. The van der Waals surface area contributed by atoms with Crippen molar-refractivity contribution < 1.29 is 0 Å². The summed E-state index contributed by atoms with van der Waals surface area (Å²) in [7, 11) is 2.12. The van der Waals surface area contributed by atoms with Crippen LogP contribution in [-0.4, -0.2) is 19.6 Å². The molecule has 0 heterocycles. The van der Waals surface area contributed by atoms with E-state index in [0.717, 1.165) is 36.6 Å². The first-order valence-electron chi connectivity index (χ1n) is 6.82. The standard InChI is InChI=1S/C15H25ClN2/c1-5-10-17-11-13-8-7-9-14(16)15(13)18(4)12(3)6-2/h7-9,12,17H,5-6,10-11H2,1-4H3. The van der Waals surface area contributed by atoms with Crippen molar-refractivity contribution in [2.75, 3.05) is 18.5 Å². The van der Waals surface area contributed by atoms with Gasteiger partial charge >= 0.3 is 0 Å². The molecule has 18 heavy (non-hydrogen) atoms. The highest BCUT2D eigenvalue weighted by Crippen LogP contribution is 2.30. The predicted molar refractivity (Wildman–Crippen MR) is 81.6 cm³/mol. The zero-order chi connectivity index (χ0) is 13.5. The molecule has 1 aromatic rings. The van der Waals surface area contributed by atoms with Gasteiger partial charge in [0.25, 0.3) is 0 Å². The molecule has 1 rings (SSSR count). The second-order valence-electron chi connectivity index (χ2n) is 4.79. The van der Waals surface area contributed by atoms with Gasteiger partial charge in [-0.25, -0.2) is 0 Å². The minimum Gasteiger partial charge on any atom is -0.370 e. The maximum absolute atomic E-state index is 6.37. The molecule has 0 saturated carbocycles. The smallest absolute Gasteiger partial charge is 0.0642 e. The summed E-state index contributed by atoms with van der Waals surface area (Å²) in [6.45, 7) is 8.53. The Balaban J connectivity index is 2.92. The molecule has 1 aromatic carbocycles. The van der Waals surface area contributed by atoms with E-state index in [4.69, 9.17) is 11.6 Å². The van der Waals surface area contributed by atoms with E-state index >= 15 is 0 Å². The van der Waals surface area contributed by atoms with Crippen LogP contribution >= 0.6 is 11.6 Å². The van der Waals surface area contributed by atoms with E-state index in [1.807, 2.05) is 12.1 Å². The van der Waals surface area contributed by atoms with Gasteiger partial charge in [0, 0.05) is 19.6 Å². The van der Waals surface area contributed by atoms with E-state index in [1.54, 1.807) is 0 Å². The molecular formula is C15H25ClN2. The van der Waals surface area contributed by atoms with Crippen LogP contribution in [0, 0.1) is 0 Å². The average molecular weight is 269 g/mol. The third-order valence-corrected chi connectivity index (χ3v) is 3.72. The first-order valence-corrected chi connectivity index (χ1v) is 7.20. The average Bonchev–Trinajstić information content (AvgIpc) is 2.37. The first-order chi connectivity index (χ1) is 8.61. The molecule has 0 spiro atoms. The van der Waals surface area contributed by atoms with Crippen LogP contribution in [0.1, 0.15) is 39.2 Å². The van der Waals surface area contributed by atoms with Crippen LogP contribution in [0.2, 0.25) is 5.02 Å². The lowest BCUT2D eigenvalue weighted by Gasteiger charge is -2.29. The van der Waals surface area contributed by atoms with E-state index in [0.29, 0.717) is 6.04 Å². The normalized spacial score (nSPS) is 12.5. The number of anilines is 1. The van der Waals surface area contributed by atoms with Crippen molar-refractivity contribution in [3.63, 3.8) is 0 Å². The van der Waals surface area contributed by atoms with Crippen LogP contribution in [0.5, 0.6) is 0 Å². The van der Waals surface area contributed by atoms with Crippen molar-refractivity contribution in [2.45, 2.75) is 46.2 Å². The van der Waals surface area contributed by atoms with Crippen LogP contribution < -0.4 is 10.2 Å². The first kappa shape index (κ1) is 15.3. The van der Waals surface area contributed by atoms with Crippen LogP contribution in [0.15, 0.2) is 18.2 Å². The quantitative estimate of drug-likeness (QED) is 0.750. The minimum absolute atomic E-state index is 0.495. The van der Waals surface area contributed by atoms with Gasteiger partial charge in [-0.05, 0) is 37.9 Å². The van der Waals surface area contributed by atoms with Crippen molar-refractivity contribution in [3.05, 3.63) is 28.8 Å². The Morgan fingerprint density at radius 1 is 1.33 bits per heavy atom. The summed E-state index contributed by atoms with van der Waals surface area (Å²) >= 11 is 6.37. The van der Waals surface area contributed by atoms with Gasteiger partial charge in [-0.15, -0.1) is 0 Å². The summed E-state index contributed by atoms with van der Waals surface area (Å²) in [5.74, 6) is 0. The van der Waals surface area contributed by atoms with Crippen molar-refractivity contribution in [2.24, 2.45) is 0 Å². The number of para-hydroxylation sites is 1. The fourth-order valence-electron chi connectivity index (χ4n) is 1.99. The van der Waals surface area contributed by atoms with Gasteiger partial charge in [0.1, 0.15) is 0 Å². The van der Waals surface area contributed by atoms with Gasteiger partial charge in [0.05, 0.1) is 10.7 Å². The van der Waals surface area contributed by atoms with Gasteiger partial charge < -0.3 is 10.2 Å². The lowest BCUT2D eigenvalue weighted by atomic mass is 10.1. The molecule has 1 atom stereocenters. The monoisotopic (exact) mass is 268 g/mol. The Kier molecular flexibility index (Phi) is 6.51. The minimum atomic E-state index is 0.495. The van der Waals surface area contributed by atoms with Gasteiger partial charge in [-0.1, -0.05) is 37.6 Å². The third-order valence-electron chi connectivity index (χ3n) is 3.42. The van der Waals surface area contributed by atoms with E-state index in [1.165, 1.54) is 5.56 Å². The molecule has 0 aliphatic rings. The maximum Gasteiger partial charge on any atom is 0.0642 e. The number of hydrogen-bond acceptors (Lipinski definition) is 2. The molecule has 0 aliphatic heterocycles.